The number of rotatable bonds is 11. The highest BCUT2D eigenvalue weighted by Gasteiger charge is 2.07. The number of phenolic OH excluding ortho intramolecular Hbond substituents is 1. The molecule has 1 aromatic rings. The molecule has 0 radical (unpaired) electrons. The average Bonchev–Trinajstić information content (AvgIpc) is 2.58. The van der Waals surface area contributed by atoms with Crippen LogP contribution >= 0.6 is 0 Å². The Labute approximate surface area is 153 Å². The first-order chi connectivity index (χ1) is 12.3. The number of aliphatic carboxylic acids is 2. The SMILES string of the molecule is CCCCCCCCc1cc(C(=O)O)ccc1O.O=C(O)CCC(=O)O. The van der Waals surface area contributed by atoms with Crippen LogP contribution in [0.4, 0.5) is 0 Å². The van der Waals surface area contributed by atoms with E-state index < -0.39 is 17.9 Å². The average molecular weight is 368 g/mol. The molecule has 0 spiro atoms. The number of carboxylic acid groups (broad SMARTS) is 3. The van der Waals surface area contributed by atoms with Crippen LogP contribution < -0.4 is 0 Å². The predicted molar refractivity (Wildman–Crippen MR) is 96.7 cm³/mol. The van der Waals surface area contributed by atoms with Crippen molar-refractivity contribution in [2.45, 2.75) is 64.7 Å². The molecule has 0 aromatic heterocycles. The molecule has 0 aliphatic heterocycles. The third-order valence-electron chi connectivity index (χ3n) is 3.68. The minimum absolute atomic E-state index is 0.202. The highest BCUT2D eigenvalue weighted by Crippen LogP contribution is 2.21. The molecule has 146 valence electrons. The van der Waals surface area contributed by atoms with E-state index in [9.17, 15) is 19.5 Å². The number of carbonyl (C=O) groups is 3. The lowest BCUT2D eigenvalue weighted by Crippen LogP contribution is -2.00. The predicted octanol–water partition coefficient (Wildman–Crippen LogP) is 3.93. The maximum Gasteiger partial charge on any atom is 0.335 e. The number of carboxylic acids is 3. The van der Waals surface area contributed by atoms with Crippen molar-refractivity contribution in [2.24, 2.45) is 0 Å². The Morgan fingerprint density at radius 3 is 1.88 bits per heavy atom. The Balaban J connectivity index is 0.000000660. The van der Waals surface area contributed by atoms with Crippen molar-refractivity contribution in [1.29, 1.82) is 0 Å². The van der Waals surface area contributed by atoms with E-state index >= 15 is 0 Å². The first-order valence-electron chi connectivity index (χ1n) is 8.76. The zero-order valence-corrected chi connectivity index (χ0v) is 15.1. The number of aromatic carboxylic acids is 1. The molecule has 7 nitrogen and oxygen atoms in total. The van der Waals surface area contributed by atoms with Crippen LogP contribution in [0.2, 0.25) is 0 Å². The molecule has 0 bridgehead atoms. The van der Waals surface area contributed by atoms with Crippen LogP contribution in [-0.2, 0) is 16.0 Å². The number of hydrogen-bond donors (Lipinski definition) is 4. The Bertz CT molecular complexity index is 567. The second-order valence-corrected chi connectivity index (χ2v) is 5.95. The second-order valence-electron chi connectivity index (χ2n) is 5.95. The van der Waals surface area contributed by atoms with Crippen LogP contribution in [-0.4, -0.2) is 38.3 Å². The van der Waals surface area contributed by atoms with Crippen molar-refractivity contribution in [3.8, 4) is 5.75 Å². The molecular weight excluding hydrogens is 340 g/mol. The van der Waals surface area contributed by atoms with Crippen LogP contribution in [0.3, 0.4) is 0 Å². The maximum atomic E-state index is 10.8. The van der Waals surface area contributed by atoms with Crippen LogP contribution in [0.15, 0.2) is 18.2 Å². The van der Waals surface area contributed by atoms with E-state index in [1.54, 1.807) is 6.07 Å². The summed E-state index contributed by atoms with van der Waals surface area (Å²) in [6, 6.07) is 4.47. The molecule has 1 aromatic carbocycles. The van der Waals surface area contributed by atoms with Crippen LogP contribution in [0.1, 0.15) is 74.2 Å². The summed E-state index contributed by atoms with van der Waals surface area (Å²) in [5.74, 6) is -2.90. The van der Waals surface area contributed by atoms with E-state index in [1.807, 2.05) is 0 Å². The summed E-state index contributed by atoms with van der Waals surface area (Å²) in [5, 5.41) is 34.3. The van der Waals surface area contributed by atoms with Gasteiger partial charge in [-0.2, -0.15) is 0 Å². The van der Waals surface area contributed by atoms with Crippen LogP contribution in [0, 0.1) is 0 Å². The molecule has 0 saturated heterocycles. The van der Waals surface area contributed by atoms with Gasteiger partial charge in [0.1, 0.15) is 5.75 Å². The van der Waals surface area contributed by atoms with E-state index in [2.05, 4.69) is 6.92 Å². The smallest absolute Gasteiger partial charge is 0.335 e. The van der Waals surface area contributed by atoms with E-state index in [4.69, 9.17) is 15.3 Å². The van der Waals surface area contributed by atoms with E-state index in [0.717, 1.165) is 24.8 Å². The monoisotopic (exact) mass is 368 g/mol. The molecule has 26 heavy (non-hydrogen) atoms. The largest absolute Gasteiger partial charge is 0.508 e. The van der Waals surface area contributed by atoms with Crippen molar-refractivity contribution >= 4 is 17.9 Å². The Morgan fingerprint density at radius 1 is 0.846 bits per heavy atom. The summed E-state index contributed by atoms with van der Waals surface area (Å²) in [5.41, 5.74) is 0.985. The van der Waals surface area contributed by atoms with Gasteiger partial charge in [-0.3, -0.25) is 9.59 Å². The fourth-order valence-electron chi connectivity index (χ4n) is 2.23. The first kappa shape index (κ1) is 23.4. The summed E-state index contributed by atoms with van der Waals surface area (Å²) in [6.07, 6.45) is 7.28. The standard InChI is InChI=1S/C15H22O3.C4H6O4/c1-2-3-4-5-6-7-8-12-11-13(15(17)18)9-10-14(12)16;5-3(6)1-2-4(7)8/h9-11,16H,2-8H2,1H3,(H,17,18);1-2H2,(H,5,6)(H,7,8). The van der Waals surface area contributed by atoms with E-state index in [1.165, 1.54) is 37.8 Å². The Morgan fingerprint density at radius 2 is 1.38 bits per heavy atom. The van der Waals surface area contributed by atoms with Gasteiger partial charge in [0.2, 0.25) is 0 Å². The lowest BCUT2D eigenvalue weighted by Gasteiger charge is -2.06. The quantitative estimate of drug-likeness (QED) is 0.435. The number of unbranched alkanes of at least 4 members (excludes halogenated alkanes) is 5. The minimum Gasteiger partial charge on any atom is -0.508 e. The summed E-state index contributed by atoms with van der Waals surface area (Å²) in [7, 11) is 0. The third kappa shape index (κ3) is 11.9. The van der Waals surface area contributed by atoms with Crippen molar-refractivity contribution in [3.63, 3.8) is 0 Å². The zero-order valence-electron chi connectivity index (χ0n) is 15.1. The minimum atomic E-state index is -1.08. The number of hydrogen-bond acceptors (Lipinski definition) is 4. The molecule has 4 N–H and O–H groups in total. The van der Waals surface area contributed by atoms with Gasteiger partial charge in [-0.15, -0.1) is 0 Å². The number of phenols is 1. The van der Waals surface area contributed by atoms with Gasteiger partial charge in [-0.05, 0) is 36.6 Å². The Hall–Kier alpha value is -2.57. The van der Waals surface area contributed by atoms with Gasteiger partial charge in [0, 0.05) is 0 Å². The van der Waals surface area contributed by atoms with Gasteiger partial charge in [0.25, 0.3) is 0 Å². The number of benzene rings is 1. The number of aromatic hydroxyl groups is 1. The molecule has 0 aliphatic rings. The summed E-state index contributed by atoms with van der Waals surface area (Å²) >= 11 is 0. The molecule has 0 fully saturated rings. The van der Waals surface area contributed by atoms with Gasteiger partial charge in [-0.1, -0.05) is 39.0 Å². The molecule has 0 aliphatic carbocycles. The first-order valence-corrected chi connectivity index (χ1v) is 8.76. The fourth-order valence-corrected chi connectivity index (χ4v) is 2.23. The second kappa shape index (κ2) is 13.7. The topological polar surface area (TPSA) is 132 Å². The molecule has 0 unspecified atom stereocenters. The Kier molecular flexibility index (Phi) is 12.3. The molecular formula is C19H28O7. The van der Waals surface area contributed by atoms with Gasteiger partial charge < -0.3 is 20.4 Å². The van der Waals surface area contributed by atoms with E-state index in [-0.39, 0.29) is 24.2 Å². The highest BCUT2D eigenvalue weighted by atomic mass is 16.4. The molecule has 0 saturated carbocycles. The highest BCUT2D eigenvalue weighted by molar-refractivity contribution is 5.88. The van der Waals surface area contributed by atoms with Gasteiger partial charge in [0.15, 0.2) is 0 Å². The van der Waals surface area contributed by atoms with Crippen molar-refractivity contribution < 1.29 is 34.8 Å². The molecule has 7 heteroatoms. The van der Waals surface area contributed by atoms with Gasteiger partial charge in [-0.25, -0.2) is 4.79 Å². The van der Waals surface area contributed by atoms with Crippen molar-refractivity contribution in [1.82, 2.24) is 0 Å². The zero-order chi connectivity index (χ0) is 19.9. The summed E-state index contributed by atoms with van der Waals surface area (Å²) in [4.78, 5) is 30.1. The molecule has 0 atom stereocenters. The molecule has 0 heterocycles. The molecule has 1 rings (SSSR count). The van der Waals surface area contributed by atoms with Gasteiger partial charge in [0.05, 0.1) is 18.4 Å². The normalized spacial score (nSPS) is 9.88. The lowest BCUT2D eigenvalue weighted by atomic mass is 10.0. The number of aryl methyl sites for hydroxylation is 1. The van der Waals surface area contributed by atoms with Crippen molar-refractivity contribution in [2.75, 3.05) is 0 Å². The maximum absolute atomic E-state index is 10.8. The van der Waals surface area contributed by atoms with Crippen molar-refractivity contribution in [3.05, 3.63) is 29.3 Å². The summed E-state index contributed by atoms with van der Waals surface area (Å²) < 4.78 is 0. The third-order valence-corrected chi connectivity index (χ3v) is 3.68. The lowest BCUT2D eigenvalue weighted by molar-refractivity contribution is -0.143. The van der Waals surface area contributed by atoms with E-state index in [0.29, 0.717) is 0 Å². The fraction of sp³-hybridized carbons (Fsp3) is 0.526. The summed E-state index contributed by atoms with van der Waals surface area (Å²) in [6.45, 7) is 2.19. The van der Waals surface area contributed by atoms with Crippen LogP contribution in [0.25, 0.3) is 0 Å². The van der Waals surface area contributed by atoms with Gasteiger partial charge >= 0.3 is 17.9 Å². The van der Waals surface area contributed by atoms with Crippen LogP contribution in [0.5, 0.6) is 5.75 Å². The molecule has 0 amide bonds.